The topological polar surface area (TPSA) is 101 Å². The number of carbonyl (C=O) groups is 3. The molecule has 1 saturated heterocycles. The molecule has 2 fully saturated rings. The lowest BCUT2D eigenvalue weighted by Crippen LogP contribution is -2.48. The number of esters is 1. The highest BCUT2D eigenvalue weighted by Gasteiger charge is 2.32. The Hall–Kier alpha value is -3.18. The van der Waals surface area contributed by atoms with Gasteiger partial charge in [0.1, 0.15) is 11.3 Å². The van der Waals surface area contributed by atoms with Gasteiger partial charge < -0.3 is 28.5 Å². The SMILES string of the molecule is COC(=O)c1cn(C2CC2)c2c(OC)c(N3CCN(BC=O)N(BC=O)CC3)c(F)cc2c1=O. The van der Waals surface area contributed by atoms with E-state index in [4.69, 9.17) is 9.47 Å². The molecule has 1 aromatic carbocycles. The van der Waals surface area contributed by atoms with Crippen LogP contribution in [-0.2, 0) is 14.3 Å². The zero-order chi connectivity index (χ0) is 24.4. The molecule has 0 atom stereocenters. The first-order valence-electron chi connectivity index (χ1n) is 11.1. The summed E-state index contributed by atoms with van der Waals surface area (Å²) in [5.74, 6) is -1.22. The fraction of sp³-hybridized carbons (Fsp3) is 0.429. The second kappa shape index (κ2) is 9.98. The van der Waals surface area contributed by atoms with Crippen LogP contribution in [0.3, 0.4) is 0 Å². The van der Waals surface area contributed by atoms with Gasteiger partial charge in [-0.15, -0.1) is 0 Å². The number of aromatic nitrogens is 1. The normalized spacial score (nSPS) is 17.2. The van der Waals surface area contributed by atoms with Gasteiger partial charge in [-0.05, 0) is 18.9 Å². The van der Waals surface area contributed by atoms with Crippen LogP contribution in [0.4, 0.5) is 10.1 Å². The van der Waals surface area contributed by atoms with Gasteiger partial charge in [-0.2, -0.15) is 0 Å². The number of pyridine rings is 1. The van der Waals surface area contributed by atoms with Crippen LogP contribution in [0.15, 0.2) is 17.1 Å². The van der Waals surface area contributed by atoms with Crippen LogP contribution in [0.25, 0.3) is 10.9 Å². The third kappa shape index (κ3) is 4.32. The van der Waals surface area contributed by atoms with Crippen molar-refractivity contribution in [2.75, 3.05) is 45.3 Å². The third-order valence-electron chi connectivity index (χ3n) is 6.29. The van der Waals surface area contributed by atoms with Gasteiger partial charge in [-0.3, -0.25) is 14.6 Å². The average molecular weight is 470 g/mol. The summed E-state index contributed by atoms with van der Waals surface area (Å²) < 4.78 is 27.8. The van der Waals surface area contributed by atoms with Crippen LogP contribution in [0, 0.1) is 5.82 Å². The summed E-state index contributed by atoms with van der Waals surface area (Å²) in [5, 5.41) is 0.0490. The highest BCUT2D eigenvalue weighted by molar-refractivity contribution is 6.67. The molecule has 2 heterocycles. The van der Waals surface area contributed by atoms with Crippen LogP contribution in [0.1, 0.15) is 29.2 Å². The van der Waals surface area contributed by atoms with E-state index in [0.29, 0.717) is 31.7 Å². The molecule has 1 aromatic heterocycles. The van der Waals surface area contributed by atoms with Gasteiger partial charge in [0.2, 0.25) is 5.43 Å². The summed E-state index contributed by atoms with van der Waals surface area (Å²) in [7, 11) is 2.86. The largest absolute Gasteiger partial charge is 0.492 e. The number of hydrogen-bond acceptors (Lipinski definition) is 9. The Morgan fingerprint density at radius 2 is 1.71 bits per heavy atom. The van der Waals surface area contributed by atoms with Crippen LogP contribution in [-0.4, -0.2) is 88.0 Å². The van der Waals surface area contributed by atoms with E-state index in [1.54, 1.807) is 19.3 Å². The number of nitrogens with zero attached hydrogens (tertiary/aromatic N) is 4. The first-order chi connectivity index (χ1) is 16.4. The van der Waals surface area contributed by atoms with E-state index < -0.39 is 17.2 Å². The first-order valence-corrected chi connectivity index (χ1v) is 11.1. The maximum Gasteiger partial charge on any atom is 0.343 e. The summed E-state index contributed by atoms with van der Waals surface area (Å²) in [6, 6.07) is 1.21. The zero-order valence-electron chi connectivity index (χ0n) is 19.2. The molecular formula is C21H25B2FN4O6. The Bertz CT molecular complexity index is 1170. The van der Waals surface area contributed by atoms with Crippen molar-refractivity contribution in [2.24, 2.45) is 0 Å². The van der Waals surface area contributed by atoms with Crippen molar-refractivity contribution in [3.05, 3.63) is 33.9 Å². The van der Waals surface area contributed by atoms with Gasteiger partial charge in [0.05, 0.1) is 37.5 Å². The Morgan fingerprint density at radius 3 is 2.21 bits per heavy atom. The Balaban J connectivity index is 1.86. The van der Waals surface area contributed by atoms with Gasteiger partial charge in [-0.25, -0.2) is 9.18 Å². The molecule has 0 spiro atoms. The van der Waals surface area contributed by atoms with E-state index in [1.807, 2.05) is 0 Å². The molecule has 34 heavy (non-hydrogen) atoms. The van der Waals surface area contributed by atoms with Gasteiger partial charge in [0.15, 0.2) is 11.6 Å². The number of benzene rings is 1. The maximum atomic E-state index is 15.6. The Morgan fingerprint density at radius 1 is 1.09 bits per heavy atom. The van der Waals surface area contributed by atoms with Crippen molar-refractivity contribution < 1.29 is 28.2 Å². The van der Waals surface area contributed by atoms with Gasteiger partial charge >= 0.3 is 5.97 Å². The number of halogens is 1. The Kier molecular flexibility index (Phi) is 7.03. The molecule has 10 nitrogen and oxygen atoms in total. The molecule has 13 heteroatoms. The number of methoxy groups -OCH3 is 2. The summed E-state index contributed by atoms with van der Waals surface area (Å²) in [6.07, 6.45) is 4.72. The van der Waals surface area contributed by atoms with Crippen molar-refractivity contribution in [1.29, 1.82) is 0 Å². The lowest BCUT2D eigenvalue weighted by molar-refractivity contribution is 0.0598. The fourth-order valence-corrected chi connectivity index (χ4v) is 4.50. The molecule has 1 aliphatic carbocycles. The van der Waals surface area contributed by atoms with Crippen molar-refractivity contribution in [3.8, 4) is 5.75 Å². The fourth-order valence-electron chi connectivity index (χ4n) is 4.50. The van der Waals surface area contributed by atoms with Crippen molar-refractivity contribution in [2.45, 2.75) is 18.9 Å². The zero-order valence-corrected chi connectivity index (χ0v) is 19.2. The van der Waals surface area contributed by atoms with Crippen molar-refractivity contribution in [1.82, 2.24) is 14.4 Å². The van der Waals surface area contributed by atoms with E-state index in [9.17, 15) is 19.2 Å². The molecule has 178 valence electrons. The highest BCUT2D eigenvalue weighted by Crippen LogP contribution is 2.43. The monoisotopic (exact) mass is 470 g/mol. The molecule has 0 amide bonds. The standard InChI is InChI=1S/C21H25B2FN4O6/c1-33-20-17-14(19(31)15(21(32)34-2)10-26(17)13-3-4-13)9-16(24)18(20)25-5-7-27(22-11-29)28(8-6-25)23-12-30/h9-13,22-23H,3-8H2,1-2H3. The van der Waals surface area contributed by atoms with Crippen LogP contribution < -0.4 is 15.1 Å². The molecule has 1 aliphatic heterocycles. The number of rotatable bonds is 8. The van der Waals surface area contributed by atoms with Crippen LogP contribution in [0.5, 0.6) is 5.75 Å². The second-order valence-corrected chi connectivity index (χ2v) is 8.28. The first kappa shape index (κ1) is 24.0. The van der Waals surface area contributed by atoms with E-state index in [2.05, 4.69) is 0 Å². The summed E-state index contributed by atoms with van der Waals surface area (Å²) in [5.41, 5.74) is -0.140. The molecule has 0 unspecified atom stereocenters. The average Bonchev–Trinajstić information content (AvgIpc) is 3.68. The van der Waals surface area contributed by atoms with E-state index in [1.165, 1.54) is 20.4 Å². The quantitative estimate of drug-likeness (QED) is 0.292. The lowest BCUT2D eigenvalue weighted by Gasteiger charge is -2.29. The minimum atomic E-state index is -0.775. The third-order valence-corrected chi connectivity index (χ3v) is 6.29. The molecule has 4 rings (SSSR count). The van der Waals surface area contributed by atoms with Crippen LogP contribution >= 0.6 is 0 Å². The van der Waals surface area contributed by atoms with Gasteiger partial charge in [0.25, 0.3) is 14.8 Å². The number of hydrogen-bond donors (Lipinski definition) is 0. The number of anilines is 1. The predicted molar refractivity (Wildman–Crippen MR) is 128 cm³/mol. The summed E-state index contributed by atoms with van der Waals surface area (Å²) in [6.45, 7) is 1.53. The summed E-state index contributed by atoms with van der Waals surface area (Å²) in [4.78, 5) is 52.8. The van der Waals surface area contributed by atoms with E-state index in [-0.39, 0.29) is 43.3 Å². The number of carbonyl (C=O) groups excluding carboxylic acids is 3. The number of hydrazine groups is 1. The Labute approximate surface area is 196 Å². The molecule has 0 N–H and O–H groups in total. The van der Waals surface area contributed by atoms with Gasteiger partial charge in [0, 0.05) is 38.4 Å². The van der Waals surface area contributed by atoms with E-state index in [0.717, 1.165) is 31.3 Å². The van der Waals surface area contributed by atoms with Crippen molar-refractivity contribution >= 4 is 49.8 Å². The molecular weight excluding hydrogens is 445 g/mol. The minimum absolute atomic E-state index is 0.0490. The number of fused-ring (bicyclic) bond motifs is 1. The molecule has 2 aromatic rings. The lowest BCUT2D eigenvalue weighted by atomic mass is 9.91. The molecule has 0 radical (unpaired) electrons. The molecule has 1 saturated carbocycles. The van der Waals surface area contributed by atoms with E-state index >= 15 is 4.39 Å². The molecule has 2 aliphatic rings. The minimum Gasteiger partial charge on any atom is -0.492 e. The van der Waals surface area contributed by atoms with Crippen LogP contribution in [0.2, 0.25) is 0 Å². The summed E-state index contributed by atoms with van der Waals surface area (Å²) >= 11 is 0. The predicted octanol–water partition coefficient (Wildman–Crippen LogP) is -0.307. The number of ether oxygens (including phenoxy) is 2. The molecule has 0 bridgehead atoms. The smallest absolute Gasteiger partial charge is 0.343 e. The second-order valence-electron chi connectivity index (χ2n) is 8.28. The van der Waals surface area contributed by atoms with Gasteiger partial charge in [-0.1, -0.05) is 0 Å². The highest BCUT2D eigenvalue weighted by atomic mass is 19.1. The maximum absolute atomic E-state index is 15.6. The van der Waals surface area contributed by atoms with Crippen molar-refractivity contribution in [3.63, 3.8) is 0 Å².